The van der Waals surface area contributed by atoms with Crippen molar-refractivity contribution >= 4 is 15.8 Å². The molecule has 2 aliphatic rings. The monoisotopic (exact) mass is 289 g/mol. The zero-order valence-corrected chi connectivity index (χ0v) is 12.5. The average Bonchev–Trinajstić information content (AvgIpc) is 2.69. The molecule has 5 nitrogen and oxygen atoms in total. The summed E-state index contributed by atoms with van der Waals surface area (Å²) < 4.78 is 30.9. The predicted octanol–water partition coefficient (Wildman–Crippen LogP) is 1.33. The molecule has 0 bridgehead atoms. The van der Waals surface area contributed by atoms with Gasteiger partial charge in [0.25, 0.3) is 0 Å². The Morgan fingerprint density at radius 1 is 1.42 bits per heavy atom. The van der Waals surface area contributed by atoms with Crippen LogP contribution in [0.2, 0.25) is 0 Å². The smallest absolute Gasteiger partial charge is 0.211 e. The number of carbonyl (C=O) groups is 1. The number of ketones is 1. The number of ether oxygens (including phenoxy) is 1. The van der Waals surface area contributed by atoms with E-state index < -0.39 is 10.0 Å². The third kappa shape index (κ3) is 3.77. The topological polar surface area (TPSA) is 63.7 Å². The Morgan fingerprint density at radius 2 is 2.16 bits per heavy atom. The summed E-state index contributed by atoms with van der Waals surface area (Å²) in [6, 6.07) is 0. The third-order valence-electron chi connectivity index (χ3n) is 4.13. The van der Waals surface area contributed by atoms with Gasteiger partial charge < -0.3 is 9.53 Å². The summed E-state index contributed by atoms with van der Waals surface area (Å²) in [5.74, 6) is 0.186. The third-order valence-corrected chi connectivity index (χ3v) is 5.38. The summed E-state index contributed by atoms with van der Waals surface area (Å²) in [5.41, 5.74) is -0.303. The first-order chi connectivity index (χ1) is 8.81. The van der Waals surface area contributed by atoms with Gasteiger partial charge >= 0.3 is 0 Å². The van der Waals surface area contributed by atoms with E-state index in [-0.39, 0.29) is 17.5 Å². The zero-order chi connectivity index (χ0) is 14.1. The molecular weight excluding hydrogens is 266 g/mol. The minimum absolute atomic E-state index is 0.114. The molecule has 0 unspecified atom stereocenters. The van der Waals surface area contributed by atoms with Gasteiger partial charge in [-0.25, -0.2) is 8.42 Å². The van der Waals surface area contributed by atoms with Gasteiger partial charge in [0.05, 0.1) is 18.0 Å². The maximum atomic E-state index is 11.6. The molecule has 2 aliphatic heterocycles. The van der Waals surface area contributed by atoms with Crippen LogP contribution in [0, 0.1) is 0 Å². The summed E-state index contributed by atoms with van der Waals surface area (Å²) >= 11 is 0. The zero-order valence-electron chi connectivity index (χ0n) is 11.7. The highest BCUT2D eigenvalue weighted by atomic mass is 32.2. The minimum Gasteiger partial charge on any atom is -0.370 e. The first-order valence-corrected chi connectivity index (χ1v) is 8.78. The highest BCUT2D eigenvalue weighted by Crippen LogP contribution is 2.39. The van der Waals surface area contributed by atoms with Crippen LogP contribution in [0.1, 0.15) is 45.4 Å². The molecule has 0 aromatic rings. The van der Waals surface area contributed by atoms with Gasteiger partial charge in [-0.3, -0.25) is 0 Å². The highest BCUT2D eigenvalue weighted by molar-refractivity contribution is 7.88. The van der Waals surface area contributed by atoms with Crippen LogP contribution in [-0.4, -0.2) is 49.6 Å². The van der Waals surface area contributed by atoms with Crippen LogP contribution < -0.4 is 0 Å². The maximum Gasteiger partial charge on any atom is 0.211 e. The number of carbonyl (C=O) groups excluding carboxylic acids is 1. The summed E-state index contributed by atoms with van der Waals surface area (Å²) in [7, 11) is -3.13. The first kappa shape index (κ1) is 14.9. The molecule has 0 aliphatic carbocycles. The molecule has 19 heavy (non-hydrogen) atoms. The molecule has 110 valence electrons. The Kier molecular flexibility index (Phi) is 4.32. The molecule has 0 saturated carbocycles. The fourth-order valence-electron chi connectivity index (χ4n) is 3.10. The molecule has 0 N–H and O–H groups in total. The van der Waals surface area contributed by atoms with E-state index in [1.165, 1.54) is 10.6 Å². The van der Waals surface area contributed by atoms with Crippen molar-refractivity contribution in [2.45, 2.75) is 57.2 Å². The number of hydrogen-bond acceptors (Lipinski definition) is 4. The second-order valence-corrected chi connectivity index (χ2v) is 7.88. The van der Waals surface area contributed by atoms with E-state index >= 15 is 0 Å². The molecule has 2 atom stereocenters. The maximum absolute atomic E-state index is 11.6. The molecule has 2 saturated heterocycles. The summed E-state index contributed by atoms with van der Waals surface area (Å²) in [4.78, 5) is 11.0. The number of rotatable bonds is 4. The summed E-state index contributed by atoms with van der Waals surface area (Å²) in [6.07, 6.45) is 6.30. The number of Topliss-reactive ketones (excluding diaryl/α,β-unsaturated/α-hetero) is 1. The van der Waals surface area contributed by atoms with E-state index in [0.29, 0.717) is 19.5 Å². The molecule has 1 spiro atoms. The van der Waals surface area contributed by atoms with Gasteiger partial charge in [0.15, 0.2) is 0 Å². The second kappa shape index (κ2) is 5.50. The molecule has 2 rings (SSSR count). The van der Waals surface area contributed by atoms with Crippen molar-refractivity contribution in [1.29, 1.82) is 0 Å². The van der Waals surface area contributed by atoms with Gasteiger partial charge in [-0.05, 0) is 39.0 Å². The lowest BCUT2D eigenvalue weighted by Gasteiger charge is -2.39. The van der Waals surface area contributed by atoms with Crippen LogP contribution in [0.5, 0.6) is 0 Å². The van der Waals surface area contributed by atoms with Crippen LogP contribution in [-0.2, 0) is 19.6 Å². The van der Waals surface area contributed by atoms with Crippen LogP contribution in [0.4, 0.5) is 0 Å². The number of piperidine rings is 1. The molecule has 2 heterocycles. The Labute approximate surface area is 115 Å². The summed E-state index contributed by atoms with van der Waals surface area (Å²) in [5, 5.41) is 0. The van der Waals surface area contributed by atoms with Gasteiger partial charge in [0, 0.05) is 19.5 Å². The normalized spacial score (nSPS) is 32.8. The fraction of sp³-hybridized carbons (Fsp3) is 0.923. The van der Waals surface area contributed by atoms with Gasteiger partial charge in [-0.15, -0.1) is 0 Å². The van der Waals surface area contributed by atoms with Crippen molar-refractivity contribution in [1.82, 2.24) is 4.31 Å². The average molecular weight is 289 g/mol. The van der Waals surface area contributed by atoms with E-state index in [9.17, 15) is 13.2 Å². The van der Waals surface area contributed by atoms with Crippen molar-refractivity contribution in [3.05, 3.63) is 0 Å². The van der Waals surface area contributed by atoms with E-state index in [1.54, 1.807) is 6.92 Å². The van der Waals surface area contributed by atoms with E-state index in [1.807, 2.05) is 0 Å². The van der Waals surface area contributed by atoms with Crippen LogP contribution in [0.25, 0.3) is 0 Å². The Hall–Kier alpha value is -0.460. The fourth-order valence-corrected chi connectivity index (χ4v) is 4.03. The molecule has 0 amide bonds. The van der Waals surface area contributed by atoms with Crippen LogP contribution in [0.3, 0.4) is 0 Å². The Bertz CT molecular complexity index is 448. The number of sulfonamides is 1. The Balaban J connectivity index is 1.95. The number of nitrogens with zero attached hydrogens (tertiary/aromatic N) is 1. The molecule has 0 aromatic carbocycles. The summed E-state index contributed by atoms with van der Waals surface area (Å²) in [6.45, 7) is 2.67. The van der Waals surface area contributed by atoms with Crippen molar-refractivity contribution in [3.8, 4) is 0 Å². The molecule has 0 radical (unpaired) electrons. The molecular formula is C13H23NO4S. The van der Waals surface area contributed by atoms with Crippen LogP contribution >= 0.6 is 0 Å². The van der Waals surface area contributed by atoms with E-state index in [4.69, 9.17) is 4.74 Å². The molecule has 0 aromatic heterocycles. The lowest BCUT2D eigenvalue weighted by molar-refractivity contribution is -0.118. The Morgan fingerprint density at radius 3 is 2.79 bits per heavy atom. The first-order valence-electron chi connectivity index (χ1n) is 6.93. The van der Waals surface area contributed by atoms with E-state index in [0.717, 1.165) is 32.1 Å². The van der Waals surface area contributed by atoms with Gasteiger partial charge in [-0.2, -0.15) is 4.31 Å². The lowest BCUT2D eigenvalue weighted by Crippen LogP contribution is -2.50. The van der Waals surface area contributed by atoms with Gasteiger partial charge in [0.1, 0.15) is 5.78 Å². The van der Waals surface area contributed by atoms with Crippen molar-refractivity contribution in [2.24, 2.45) is 0 Å². The van der Waals surface area contributed by atoms with Crippen LogP contribution in [0.15, 0.2) is 0 Å². The second-order valence-electron chi connectivity index (χ2n) is 5.90. The predicted molar refractivity (Wildman–Crippen MR) is 72.4 cm³/mol. The largest absolute Gasteiger partial charge is 0.370 e. The SMILES string of the molecule is CC(=O)CC[C@@H]1CC[C@]2(CCCN(S(C)(=O)=O)C2)O1. The van der Waals surface area contributed by atoms with Gasteiger partial charge in [0.2, 0.25) is 10.0 Å². The standard InChI is InChI=1S/C13H23NO4S/c1-11(15)4-5-12-6-8-13(18-12)7-3-9-14(10-13)19(2,16)17/h12H,3-10H2,1-2H3/t12-,13+/m1/s1. The van der Waals surface area contributed by atoms with Crippen molar-refractivity contribution in [2.75, 3.05) is 19.3 Å². The van der Waals surface area contributed by atoms with Crippen molar-refractivity contribution in [3.63, 3.8) is 0 Å². The lowest BCUT2D eigenvalue weighted by atomic mass is 9.91. The highest BCUT2D eigenvalue weighted by Gasteiger charge is 2.44. The molecule has 2 fully saturated rings. The van der Waals surface area contributed by atoms with Crippen molar-refractivity contribution < 1.29 is 17.9 Å². The molecule has 6 heteroatoms. The quantitative estimate of drug-likeness (QED) is 0.783. The minimum atomic E-state index is -3.13. The number of hydrogen-bond donors (Lipinski definition) is 0. The van der Waals surface area contributed by atoms with Gasteiger partial charge in [-0.1, -0.05) is 0 Å². The van der Waals surface area contributed by atoms with E-state index in [2.05, 4.69) is 0 Å².